The smallest absolute Gasteiger partial charge is 0.374 e. The van der Waals surface area contributed by atoms with Gasteiger partial charge in [0.25, 0.3) is 0 Å². The number of carboxylic acid groups (broad SMARTS) is 2. The first-order valence-electron chi connectivity index (χ1n) is 5.25. The average Bonchev–Trinajstić information content (AvgIpc) is 2.84. The number of oxazole rings is 1. The van der Waals surface area contributed by atoms with Crippen LogP contribution in [0, 0.1) is 5.82 Å². The summed E-state index contributed by atoms with van der Waals surface area (Å²) in [5, 5.41) is 17.7. The number of carboxylic acids is 2. The first kappa shape index (κ1) is 13.5. The van der Waals surface area contributed by atoms with Gasteiger partial charge in [0.1, 0.15) is 0 Å². The number of methoxy groups -OCH3 is 1. The summed E-state index contributed by atoms with van der Waals surface area (Å²) in [5.41, 5.74) is -0.651. The van der Waals surface area contributed by atoms with Crippen LogP contribution in [-0.4, -0.2) is 34.2 Å². The highest BCUT2D eigenvalue weighted by Gasteiger charge is 2.25. The Labute approximate surface area is 111 Å². The van der Waals surface area contributed by atoms with Crippen LogP contribution in [0.2, 0.25) is 0 Å². The van der Waals surface area contributed by atoms with Gasteiger partial charge >= 0.3 is 11.9 Å². The lowest BCUT2D eigenvalue weighted by molar-refractivity contribution is 0.0624. The van der Waals surface area contributed by atoms with Crippen molar-refractivity contribution in [3.8, 4) is 17.2 Å². The lowest BCUT2D eigenvalue weighted by Gasteiger charge is -2.02. The summed E-state index contributed by atoms with van der Waals surface area (Å²) in [5.74, 6) is -4.97. The second kappa shape index (κ2) is 5.00. The molecular formula is C12H8FNO6. The molecule has 20 heavy (non-hydrogen) atoms. The third-order valence-electron chi connectivity index (χ3n) is 2.42. The van der Waals surface area contributed by atoms with Crippen molar-refractivity contribution in [3.05, 3.63) is 35.5 Å². The van der Waals surface area contributed by atoms with Gasteiger partial charge in [0.05, 0.1) is 7.11 Å². The Morgan fingerprint density at radius 3 is 2.45 bits per heavy atom. The zero-order valence-corrected chi connectivity index (χ0v) is 10.1. The van der Waals surface area contributed by atoms with Gasteiger partial charge in [-0.1, -0.05) is 0 Å². The molecule has 1 aromatic heterocycles. The Morgan fingerprint density at radius 2 is 2.00 bits per heavy atom. The van der Waals surface area contributed by atoms with Gasteiger partial charge in [-0.15, -0.1) is 0 Å². The minimum absolute atomic E-state index is 0.0165. The topological polar surface area (TPSA) is 110 Å². The molecule has 0 saturated carbocycles. The molecule has 1 heterocycles. The molecule has 0 aliphatic heterocycles. The number of aromatic carboxylic acids is 2. The fourth-order valence-electron chi connectivity index (χ4n) is 1.53. The molecule has 2 aromatic rings. The summed E-state index contributed by atoms with van der Waals surface area (Å²) in [6.07, 6.45) is 0. The summed E-state index contributed by atoms with van der Waals surface area (Å²) in [6, 6.07) is 3.66. The van der Waals surface area contributed by atoms with Crippen LogP contribution in [0.25, 0.3) is 11.5 Å². The number of rotatable bonds is 4. The first-order chi connectivity index (χ1) is 9.43. The number of aromatic nitrogens is 1. The maximum atomic E-state index is 13.5. The summed E-state index contributed by atoms with van der Waals surface area (Å²) in [4.78, 5) is 25.2. The predicted octanol–water partition coefficient (Wildman–Crippen LogP) is 1.89. The van der Waals surface area contributed by atoms with Gasteiger partial charge < -0.3 is 19.4 Å². The number of hydrogen-bond acceptors (Lipinski definition) is 5. The molecule has 0 aliphatic carbocycles. The van der Waals surface area contributed by atoms with E-state index in [4.69, 9.17) is 19.4 Å². The molecule has 0 fully saturated rings. The second-order valence-electron chi connectivity index (χ2n) is 3.66. The molecule has 2 rings (SSSR count). The highest BCUT2D eigenvalue weighted by molar-refractivity contribution is 5.98. The number of benzene rings is 1. The van der Waals surface area contributed by atoms with Crippen LogP contribution in [-0.2, 0) is 0 Å². The molecule has 0 bridgehead atoms. The summed E-state index contributed by atoms with van der Waals surface area (Å²) >= 11 is 0. The molecule has 0 amide bonds. The van der Waals surface area contributed by atoms with E-state index in [0.29, 0.717) is 0 Å². The molecule has 0 unspecified atom stereocenters. The summed E-state index contributed by atoms with van der Waals surface area (Å²) in [7, 11) is 1.29. The van der Waals surface area contributed by atoms with Gasteiger partial charge in [-0.25, -0.2) is 19.0 Å². The van der Waals surface area contributed by atoms with Gasteiger partial charge in [-0.2, -0.15) is 0 Å². The quantitative estimate of drug-likeness (QED) is 0.880. The van der Waals surface area contributed by atoms with E-state index in [-0.39, 0.29) is 17.2 Å². The molecule has 7 nitrogen and oxygen atoms in total. The second-order valence-corrected chi connectivity index (χ2v) is 3.66. The molecule has 8 heteroatoms. The van der Waals surface area contributed by atoms with Crippen LogP contribution >= 0.6 is 0 Å². The van der Waals surface area contributed by atoms with Crippen molar-refractivity contribution in [2.24, 2.45) is 0 Å². The van der Waals surface area contributed by atoms with E-state index >= 15 is 0 Å². The first-order valence-corrected chi connectivity index (χ1v) is 5.25. The van der Waals surface area contributed by atoms with E-state index in [1.54, 1.807) is 0 Å². The number of carbonyl (C=O) groups is 2. The van der Waals surface area contributed by atoms with Crippen molar-refractivity contribution in [3.63, 3.8) is 0 Å². The highest BCUT2D eigenvalue weighted by Crippen LogP contribution is 2.26. The Balaban J connectivity index is 2.53. The molecular weight excluding hydrogens is 273 g/mol. The normalized spacial score (nSPS) is 10.3. The minimum Gasteiger partial charge on any atom is -0.494 e. The predicted molar refractivity (Wildman–Crippen MR) is 62.4 cm³/mol. The van der Waals surface area contributed by atoms with Crippen molar-refractivity contribution in [1.29, 1.82) is 0 Å². The fraction of sp³-hybridized carbons (Fsp3) is 0.0833. The van der Waals surface area contributed by atoms with E-state index in [0.717, 1.165) is 6.07 Å². The highest BCUT2D eigenvalue weighted by atomic mass is 19.1. The number of ether oxygens (including phenoxy) is 1. The van der Waals surface area contributed by atoms with E-state index in [1.165, 1.54) is 19.2 Å². The standard InChI is InChI=1S/C12H8FNO6/c1-19-7-3-2-5(4-6(7)13)10-14-8(11(15)16)9(20-10)12(17)18/h2-4H,1H3,(H,15,16)(H,17,18). The van der Waals surface area contributed by atoms with E-state index in [9.17, 15) is 14.0 Å². The van der Waals surface area contributed by atoms with Crippen LogP contribution in [0.1, 0.15) is 21.0 Å². The van der Waals surface area contributed by atoms with Crippen molar-refractivity contribution >= 4 is 11.9 Å². The Hall–Kier alpha value is -2.90. The average molecular weight is 281 g/mol. The molecule has 2 N–H and O–H groups in total. The van der Waals surface area contributed by atoms with E-state index in [1.807, 2.05) is 0 Å². The van der Waals surface area contributed by atoms with Gasteiger partial charge in [0.15, 0.2) is 11.6 Å². The Kier molecular flexibility index (Phi) is 3.38. The van der Waals surface area contributed by atoms with Crippen LogP contribution in [0.4, 0.5) is 4.39 Å². The van der Waals surface area contributed by atoms with Crippen LogP contribution in [0.5, 0.6) is 5.75 Å². The number of halogens is 1. The maximum absolute atomic E-state index is 13.5. The SMILES string of the molecule is COc1ccc(-c2nc(C(=O)O)c(C(=O)O)o2)cc1F. The number of hydrogen-bond donors (Lipinski definition) is 2. The molecule has 0 spiro atoms. The van der Waals surface area contributed by atoms with Gasteiger partial charge in [0.2, 0.25) is 17.3 Å². The van der Waals surface area contributed by atoms with Crippen molar-refractivity contribution < 1.29 is 33.3 Å². The lowest BCUT2D eigenvalue weighted by atomic mass is 10.2. The van der Waals surface area contributed by atoms with Gasteiger partial charge in [0, 0.05) is 5.56 Å². The number of nitrogens with zero attached hydrogens (tertiary/aromatic N) is 1. The zero-order valence-electron chi connectivity index (χ0n) is 10.1. The zero-order chi connectivity index (χ0) is 14.9. The minimum atomic E-state index is -1.57. The van der Waals surface area contributed by atoms with Crippen LogP contribution in [0.3, 0.4) is 0 Å². The van der Waals surface area contributed by atoms with Crippen molar-refractivity contribution in [1.82, 2.24) is 4.98 Å². The third kappa shape index (κ3) is 2.30. The summed E-state index contributed by atoms with van der Waals surface area (Å²) < 4.78 is 23.1. The largest absolute Gasteiger partial charge is 0.494 e. The van der Waals surface area contributed by atoms with Gasteiger partial charge in [-0.3, -0.25) is 0 Å². The Morgan fingerprint density at radius 1 is 1.30 bits per heavy atom. The molecule has 0 aliphatic rings. The third-order valence-corrected chi connectivity index (χ3v) is 2.42. The van der Waals surface area contributed by atoms with Crippen LogP contribution < -0.4 is 4.74 Å². The molecule has 0 saturated heterocycles. The van der Waals surface area contributed by atoms with E-state index in [2.05, 4.69) is 4.98 Å². The lowest BCUT2D eigenvalue weighted by Crippen LogP contribution is -2.05. The monoisotopic (exact) mass is 281 g/mol. The molecule has 0 atom stereocenters. The van der Waals surface area contributed by atoms with Crippen molar-refractivity contribution in [2.45, 2.75) is 0 Å². The fourth-order valence-corrected chi connectivity index (χ4v) is 1.53. The molecule has 0 radical (unpaired) electrons. The molecule has 104 valence electrons. The molecule has 1 aromatic carbocycles. The summed E-state index contributed by atoms with van der Waals surface area (Å²) in [6.45, 7) is 0. The Bertz CT molecular complexity index is 662. The van der Waals surface area contributed by atoms with E-state index < -0.39 is 29.2 Å². The van der Waals surface area contributed by atoms with Crippen LogP contribution in [0.15, 0.2) is 22.6 Å². The van der Waals surface area contributed by atoms with Crippen molar-refractivity contribution in [2.75, 3.05) is 7.11 Å². The maximum Gasteiger partial charge on any atom is 0.374 e. The van der Waals surface area contributed by atoms with Gasteiger partial charge in [-0.05, 0) is 18.2 Å².